The van der Waals surface area contributed by atoms with Crippen molar-refractivity contribution in [3.05, 3.63) is 81.3 Å². The maximum atomic E-state index is 13.3. The summed E-state index contributed by atoms with van der Waals surface area (Å²) in [6.45, 7) is 1.89. The fourth-order valence-electron chi connectivity index (χ4n) is 3.12. The highest BCUT2D eigenvalue weighted by molar-refractivity contribution is 9.10. The topological polar surface area (TPSA) is 49.0 Å². The summed E-state index contributed by atoms with van der Waals surface area (Å²) in [5, 5.41) is 7.05. The van der Waals surface area contributed by atoms with Crippen LogP contribution in [0.25, 0.3) is 0 Å². The van der Waals surface area contributed by atoms with Gasteiger partial charge in [0.1, 0.15) is 5.82 Å². The number of amides is 1. The number of carbonyl (C=O) groups is 1. The first kappa shape index (κ1) is 15.1. The van der Waals surface area contributed by atoms with Crippen molar-refractivity contribution in [1.82, 2.24) is 10.2 Å². The summed E-state index contributed by atoms with van der Waals surface area (Å²) in [6.07, 6.45) is 0. The molecule has 1 amide bonds. The summed E-state index contributed by atoms with van der Waals surface area (Å²) in [6, 6.07) is 13.4. The predicted molar refractivity (Wildman–Crippen MR) is 92.5 cm³/mol. The van der Waals surface area contributed by atoms with Crippen LogP contribution in [0.3, 0.4) is 0 Å². The zero-order chi connectivity index (χ0) is 16.8. The van der Waals surface area contributed by atoms with Gasteiger partial charge < -0.3 is 0 Å². The number of halogens is 2. The third kappa shape index (κ3) is 2.26. The number of aryl methyl sites for hydroxylation is 1. The van der Waals surface area contributed by atoms with E-state index in [4.69, 9.17) is 0 Å². The van der Waals surface area contributed by atoms with E-state index in [1.165, 1.54) is 12.1 Å². The van der Waals surface area contributed by atoms with E-state index < -0.39 is 0 Å². The average molecular weight is 386 g/mol. The van der Waals surface area contributed by atoms with Crippen LogP contribution >= 0.6 is 15.9 Å². The molecule has 1 N–H and O–H groups in total. The standard InChI is InChI=1S/C18H13BrFN3O/c1-10-15-16(22-21-10)18(24)23(14-8-4-12(19)5-9-14)17(15)11-2-6-13(20)7-3-11/h2-9,17H,1H3,(H,21,22). The Morgan fingerprint density at radius 1 is 1.12 bits per heavy atom. The Balaban J connectivity index is 1.89. The van der Waals surface area contributed by atoms with Crippen LogP contribution in [0.15, 0.2) is 53.0 Å². The molecule has 1 atom stereocenters. The van der Waals surface area contributed by atoms with Crippen LogP contribution in [0, 0.1) is 12.7 Å². The first-order valence-electron chi connectivity index (χ1n) is 7.45. The number of rotatable bonds is 2. The van der Waals surface area contributed by atoms with Gasteiger partial charge in [-0.3, -0.25) is 14.8 Å². The summed E-state index contributed by atoms with van der Waals surface area (Å²) in [7, 11) is 0. The maximum Gasteiger partial charge on any atom is 0.279 e. The van der Waals surface area contributed by atoms with Gasteiger partial charge in [0.2, 0.25) is 0 Å². The van der Waals surface area contributed by atoms with Gasteiger partial charge in [0.15, 0.2) is 5.69 Å². The minimum absolute atomic E-state index is 0.161. The van der Waals surface area contributed by atoms with Crippen LogP contribution in [-0.2, 0) is 0 Å². The number of nitrogens with zero attached hydrogens (tertiary/aromatic N) is 2. The molecule has 1 aliphatic heterocycles. The lowest BCUT2D eigenvalue weighted by atomic mass is 9.99. The molecule has 1 aliphatic rings. The summed E-state index contributed by atoms with van der Waals surface area (Å²) in [5.41, 5.74) is 3.72. The second kappa shape index (κ2) is 5.56. The van der Waals surface area contributed by atoms with Crippen molar-refractivity contribution in [2.75, 3.05) is 4.90 Å². The molecule has 0 spiro atoms. The first-order valence-corrected chi connectivity index (χ1v) is 8.25. The molecule has 120 valence electrons. The third-order valence-electron chi connectivity index (χ3n) is 4.24. The van der Waals surface area contributed by atoms with Gasteiger partial charge in [0.05, 0.1) is 6.04 Å². The smallest absolute Gasteiger partial charge is 0.279 e. The van der Waals surface area contributed by atoms with Gasteiger partial charge in [-0.25, -0.2) is 4.39 Å². The Hall–Kier alpha value is -2.47. The molecule has 4 nitrogen and oxygen atoms in total. The van der Waals surface area contributed by atoms with Crippen LogP contribution in [0.4, 0.5) is 10.1 Å². The molecule has 24 heavy (non-hydrogen) atoms. The second-order valence-corrected chi connectivity index (χ2v) is 6.63. The molecule has 6 heteroatoms. The van der Waals surface area contributed by atoms with Crippen molar-refractivity contribution in [2.45, 2.75) is 13.0 Å². The number of carbonyl (C=O) groups excluding carboxylic acids is 1. The molecule has 0 saturated heterocycles. The van der Waals surface area contributed by atoms with E-state index in [1.54, 1.807) is 17.0 Å². The molecule has 0 fully saturated rings. The zero-order valence-electron chi connectivity index (χ0n) is 12.8. The van der Waals surface area contributed by atoms with Gasteiger partial charge in [-0.05, 0) is 48.9 Å². The normalized spacial score (nSPS) is 16.5. The van der Waals surface area contributed by atoms with Crippen molar-refractivity contribution in [2.24, 2.45) is 0 Å². The van der Waals surface area contributed by atoms with Crippen molar-refractivity contribution >= 4 is 27.5 Å². The lowest BCUT2D eigenvalue weighted by Gasteiger charge is -2.26. The van der Waals surface area contributed by atoms with Crippen LogP contribution < -0.4 is 4.90 Å². The van der Waals surface area contributed by atoms with E-state index in [2.05, 4.69) is 26.1 Å². The predicted octanol–water partition coefficient (Wildman–Crippen LogP) is 4.37. The van der Waals surface area contributed by atoms with Gasteiger partial charge in [0, 0.05) is 21.4 Å². The highest BCUT2D eigenvalue weighted by Crippen LogP contribution is 2.42. The first-order chi connectivity index (χ1) is 11.6. The molecule has 0 saturated carbocycles. The van der Waals surface area contributed by atoms with E-state index in [0.29, 0.717) is 5.69 Å². The molecular weight excluding hydrogens is 373 g/mol. The average Bonchev–Trinajstić information content (AvgIpc) is 3.09. The molecular formula is C18H13BrFN3O. The van der Waals surface area contributed by atoms with E-state index >= 15 is 0 Å². The van der Waals surface area contributed by atoms with Crippen LogP contribution in [0.5, 0.6) is 0 Å². The summed E-state index contributed by atoms with van der Waals surface area (Å²) in [5.74, 6) is -0.464. The van der Waals surface area contributed by atoms with Crippen molar-refractivity contribution in [3.8, 4) is 0 Å². The number of aromatic nitrogens is 2. The number of nitrogens with one attached hydrogen (secondary N) is 1. The Morgan fingerprint density at radius 3 is 2.46 bits per heavy atom. The molecule has 1 unspecified atom stereocenters. The number of anilines is 1. The van der Waals surface area contributed by atoms with Crippen molar-refractivity contribution in [1.29, 1.82) is 0 Å². The quantitative estimate of drug-likeness (QED) is 0.711. The molecule has 0 radical (unpaired) electrons. The van der Waals surface area contributed by atoms with E-state index in [0.717, 1.165) is 27.0 Å². The number of benzene rings is 2. The summed E-state index contributed by atoms with van der Waals surface area (Å²) < 4.78 is 14.3. The minimum Gasteiger partial charge on any atom is -0.295 e. The maximum absolute atomic E-state index is 13.3. The molecule has 0 aliphatic carbocycles. The van der Waals surface area contributed by atoms with Crippen molar-refractivity contribution in [3.63, 3.8) is 0 Å². The van der Waals surface area contributed by atoms with Crippen LogP contribution in [0.1, 0.15) is 33.4 Å². The molecule has 3 aromatic rings. The molecule has 0 bridgehead atoms. The largest absolute Gasteiger partial charge is 0.295 e. The fraction of sp³-hybridized carbons (Fsp3) is 0.111. The number of H-pyrrole nitrogens is 1. The lowest BCUT2D eigenvalue weighted by Crippen LogP contribution is -2.29. The minimum atomic E-state index is -0.326. The third-order valence-corrected chi connectivity index (χ3v) is 4.77. The van der Waals surface area contributed by atoms with E-state index in [9.17, 15) is 9.18 Å². The zero-order valence-corrected chi connectivity index (χ0v) is 14.3. The fourth-order valence-corrected chi connectivity index (χ4v) is 3.39. The number of hydrogen-bond acceptors (Lipinski definition) is 2. The monoisotopic (exact) mass is 385 g/mol. The number of hydrogen-bond donors (Lipinski definition) is 1. The molecule has 2 aromatic carbocycles. The van der Waals surface area contributed by atoms with E-state index in [-0.39, 0.29) is 17.8 Å². The Bertz CT molecular complexity index is 918. The van der Waals surface area contributed by atoms with Crippen LogP contribution in [0.2, 0.25) is 0 Å². The van der Waals surface area contributed by atoms with Gasteiger partial charge >= 0.3 is 0 Å². The van der Waals surface area contributed by atoms with Gasteiger partial charge in [-0.2, -0.15) is 5.10 Å². The molecule has 2 heterocycles. The Labute approximate surface area is 146 Å². The molecule has 1 aromatic heterocycles. The van der Waals surface area contributed by atoms with Gasteiger partial charge in [-0.1, -0.05) is 28.1 Å². The summed E-state index contributed by atoms with van der Waals surface area (Å²) in [4.78, 5) is 14.6. The highest BCUT2D eigenvalue weighted by atomic mass is 79.9. The summed E-state index contributed by atoms with van der Waals surface area (Å²) >= 11 is 3.41. The van der Waals surface area contributed by atoms with Gasteiger partial charge in [-0.15, -0.1) is 0 Å². The van der Waals surface area contributed by atoms with Crippen molar-refractivity contribution < 1.29 is 9.18 Å². The Morgan fingerprint density at radius 2 is 1.79 bits per heavy atom. The Kier molecular flexibility index (Phi) is 3.49. The van der Waals surface area contributed by atoms with E-state index in [1.807, 2.05) is 31.2 Å². The molecule has 4 rings (SSSR count). The SMILES string of the molecule is Cc1[nH]nc2c1C(c1ccc(F)cc1)N(c1ccc(Br)cc1)C2=O. The number of aromatic amines is 1. The number of fused-ring (bicyclic) bond motifs is 1. The van der Waals surface area contributed by atoms with Crippen LogP contribution in [-0.4, -0.2) is 16.1 Å². The van der Waals surface area contributed by atoms with Gasteiger partial charge in [0.25, 0.3) is 5.91 Å². The second-order valence-electron chi connectivity index (χ2n) is 5.72. The highest BCUT2D eigenvalue weighted by Gasteiger charge is 2.42. The lowest BCUT2D eigenvalue weighted by molar-refractivity contribution is 0.0989.